The standard InChI is InChI=1S/C19H24FN3O/c1-19(24,15-5-7-16(20)8-6-15)14-22-17-9-12-23(13-10-17)18-4-2-3-11-21-18/h2-8,11,17,22,24H,9-10,12-14H2,1H3/t19-/m1/s1. The van der Waals surface area contributed by atoms with Crippen molar-refractivity contribution in [2.75, 3.05) is 24.5 Å². The lowest BCUT2D eigenvalue weighted by Gasteiger charge is -2.35. The van der Waals surface area contributed by atoms with Crippen LogP contribution in [0.15, 0.2) is 48.7 Å². The quantitative estimate of drug-likeness (QED) is 0.885. The van der Waals surface area contributed by atoms with Crippen molar-refractivity contribution in [1.82, 2.24) is 10.3 Å². The molecule has 1 aliphatic heterocycles. The van der Waals surface area contributed by atoms with Crippen LogP contribution in [0.1, 0.15) is 25.3 Å². The number of halogens is 1. The van der Waals surface area contributed by atoms with Crippen LogP contribution in [0.25, 0.3) is 0 Å². The van der Waals surface area contributed by atoms with E-state index < -0.39 is 5.60 Å². The van der Waals surface area contributed by atoms with Crippen LogP contribution in [0.5, 0.6) is 0 Å². The Kier molecular flexibility index (Phi) is 5.11. The Hall–Kier alpha value is -1.98. The molecular formula is C19H24FN3O. The zero-order chi connectivity index (χ0) is 17.0. The normalized spacial score (nSPS) is 18.4. The highest BCUT2D eigenvalue weighted by Crippen LogP contribution is 2.22. The summed E-state index contributed by atoms with van der Waals surface area (Å²) in [6.45, 7) is 4.11. The number of aliphatic hydroxyl groups is 1. The smallest absolute Gasteiger partial charge is 0.128 e. The highest BCUT2D eigenvalue weighted by molar-refractivity contribution is 5.38. The van der Waals surface area contributed by atoms with Crippen LogP contribution in [0.2, 0.25) is 0 Å². The molecule has 0 spiro atoms. The summed E-state index contributed by atoms with van der Waals surface area (Å²) in [6, 6.07) is 12.4. The largest absolute Gasteiger partial charge is 0.384 e. The third-order valence-corrected chi connectivity index (χ3v) is 4.67. The molecule has 0 unspecified atom stereocenters. The Morgan fingerprint density at radius 2 is 1.92 bits per heavy atom. The first kappa shape index (κ1) is 16.9. The van der Waals surface area contributed by atoms with Gasteiger partial charge in [0, 0.05) is 31.9 Å². The van der Waals surface area contributed by atoms with Crippen molar-refractivity contribution in [2.24, 2.45) is 0 Å². The summed E-state index contributed by atoms with van der Waals surface area (Å²) in [6.07, 6.45) is 3.84. The lowest BCUT2D eigenvalue weighted by atomic mass is 9.95. The molecule has 1 aromatic carbocycles. The molecule has 0 aliphatic carbocycles. The van der Waals surface area contributed by atoms with E-state index in [1.54, 1.807) is 19.1 Å². The topological polar surface area (TPSA) is 48.4 Å². The van der Waals surface area contributed by atoms with Crippen molar-refractivity contribution < 1.29 is 9.50 Å². The summed E-state index contributed by atoms with van der Waals surface area (Å²) in [4.78, 5) is 6.68. The molecule has 0 amide bonds. The number of aromatic nitrogens is 1. The molecule has 1 aromatic heterocycles. The summed E-state index contributed by atoms with van der Waals surface area (Å²) in [5, 5.41) is 14.1. The van der Waals surface area contributed by atoms with Crippen molar-refractivity contribution in [3.8, 4) is 0 Å². The maximum atomic E-state index is 13.0. The lowest BCUT2D eigenvalue weighted by molar-refractivity contribution is 0.0527. The first-order valence-electron chi connectivity index (χ1n) is 8.42. The third-order valence-electron chi connectivity index (χ3n) is 4.67. The van der Waals surface area contributed by atoms with Gasteiger partial charge in [-0.3, -0.25) is 0 Å². The lowest BCUT2D eigenvalue weighted by Crippen LogP contribution is -2.46. The van der Waals surface area contributed by atoms with Gasteiger partial charge in [0.05, 0.1) is 5.60 Å². The number of hydrogen-bond donors (Lipinski definition) is 2. The van der Waals surface area contributed by atoms with Crippen LogP contribution < -0.4 is 10.2 Å². The summed E-state index contributed by atoms with van der Waals surface area (Å²) < 4.78 is 13.0. The van der Waals surface area contributed by atoms with E-state index >= 15 is 0 Å². The van der Waals surface area contributed by atoms with Gasteiger partial charge in [0.15, 0.2) is 0 Å². The van der Waals surface area contributed by atoms with Crippen LogP contribution in [-0.4, -0.2) is 35.8 Å². The fourth-order valence-corrected chi connectivity index (χ4v) is 3.11. The van der Waals surface area contributed by atoms with Crippen molar-refractivity contribution in [1.29, 1.82) is 0 Å². The molecule has 1 atom stereocenters. The molecule has 2 heterocycles. The molecule has 2 N–H and O–H groups in total. The zero-order valence-corrected chi connectivity index (χ0v) is 14.0. The van der Waals surface area contributed by atoms with Crippen LogP contribution in [0.4, 0.5) is 10.2 Å². The van der Waals surface area contributed by atoms with Crippen LogP contribution in [-0.2, 0) is 5.60 Å². The van der Waals surface area contributed by atoms with Crippen molar-refractivity contribution >= 4 is 5.82 Å². The number of piperidine rings is 1. The van der Waals surface area contributed by atoms with E-state index in [4.69, 9.17) is 0 Å². The second kappa shape index (κ2) is 7.28. The molecule has 5 heteroatoms. The summed E-state index contributed by atoms with van der Waals surface area (Å²) >= 11 is 0. The van der Waals surface area contributed by atoms with E-state index in [0.29, 0.717) is 12.6 Å². The molecular weight excluding hydrogens is 305 g/mol. The van der Waals surface area contributed by atoms with Gasteiger partial charge in [0.2, 0.25) is 0 Å². The predicted octanol–water partition coefficient (Wildman–Crippen LogP) is 2.69. The van der Waals surface area contributed by atoms with Gasteiger partial charge in [0.1, 0.15) is 11.6 Å². The Morgan fingerprint density at radius 3 is 2.54 bits per heavy atom. The number of pyridine rings is 1. The van der Waals surface area contributed by atoms with E-state index in [2.05, 4.69) is 15.2 Å². The molecule has 0 bridgehead atoms. The van der Waals surface area contributed by atoms with Gasteiger partial charge >= 0.3 is 0 Å². The molecule has 0 radical (unpaired) electrons. The molecule has 0 saturated carbocycles. The third kappa shape index (κ3) is 4.10. The Labute approximate surface area is 142 Å². The monoisotopic (exact) mass is 329 g/mol. The van der Waals surface area contributed by atoms with Gasteiger partial charge < -0.3 is 15.3 Å². The van der Waals surface area contributed by atoms with Crippen molar-refractivity contribution in [2.45, 2.75) is 31.4 Å². The molecule has 3 rings (SSSR count). The number of rotatable bonds is 5. The van der Waals surface area contributed by atoms with Crippen LogP contribution in [0.3, 0.4) is 0 Å². The fourth-order valence-electron chi connectivity index (χ4n) is 3.11. The average Bonchev–Trinajstić information content (AvgIpc) is 2.62. The van der Waals surface area contributed by atoms with Crippen LogP contribution in [0, 0.1) is 5.82 Å². The van der Waals surface area contributed by atoms with Gasteiger partial charge in [-0.1, -0.05) is 18.2 Å². The molecule has 1 fully saturated rings. The minimum Gasteiger partial charge on any atom is -0.384 e. The maximum absolute atomic E-state index is 13.0. The fraction of sp³-hybridized carbons (Fsp3) is 0.421. The number of nitrogens with one attached hydrogen (secondary N) is 1. The number of hydrogen-bond acceptors (Lipinski definition) is 4. The Balaban J connectivity index is 1.50. The maximum Gasteiger partial charge on any atom is 0.128 e. The Bertz CT molecular complexity index is 637. The number of benzene rings is 1. The average molecular weight is 329 g/mol. The minimum atomic E-state index is -1.01. The SMILES string of the molecule is C[C@@](O)(CNC1CCN(c2ccccn2)CC1)c1ccc(F)cc1. The van der Waals surface area contributed by atoms with Gasteiger partial charge in [-0.25, -0.2) is 9.37 Å². The molecule has 4 nitrogen and oxygen atoms in total. The number of anilines is 1. The Morgan fingerprint density at radius 1 is 1.21 bits per heavy atom. The second-order valence-electron chi connectivity index (χ2n) is 6.61. The van der Waals surface area contributed by atoms with E-state index in [-0.39, 0.29) is 5.82 Å². The molecule has 1 aliphatic rings. The zero-order valence-electron chi connectivity index (χ0n) is 14.0. The highest BCUT2D eigenvalue weighted by Gasteiger charge is 2.26. The first-order valence-corrected chi connectivity index (χ1v) is 8.42. The van der Waals surface area contributed by atoms with E-state index in [1.807, 2.05) is 24.4 Å². The highest BCUT2D eigenvalue weighted by atomic mass is 19.1. The van der Waals surface area contributed by atoms with Crippen molar-refractivity contribution in [3.63, 3.8) is 0 Å². The molecule has 2 aromatic rings. The number of nitrogens with zero attached hydrogens (tertiary/aromatic N) is 2. The van der Waals surface area contributed by atoms with E-state index in [9.17, 15) is 9.50 Å². The van der Waals surface area contributed by atoms with Crippen molar-refractivity contribution in [3.05, 3.63) is 60.0 Å². The molecule has 128 valence electrons. The summed E-state index contributed by atoms with van der Waals surface area (Å²) in [7, 11) is 0. The summed E-state index contributed by atoms with van der Waals surface area (Å²) in [5.41, 5.74) is -0.284. The summed E-state index contributed by atoms with van der Waals surface area (Å²) in [5.74, 6) is 0.735. The van der Waals surface area contributed by atoms with E-state index in [1.165, 1.54) is 12.1 Å². The van der Waals surface area contributed by atoms with Gasteiger partial charge in [-0.2, -0.15) is 0 Å². The second-order valence-corrected chi connectivity index (χ2v) is 6.61. The predicted molar refractivity (Wildman–Crippen MR) is 93.4 cm³/mol. The van der Waals surface area contributed by atoms with Gasteiger partial charge in [-0.05, 0) is 49.6 Å². The first-order chi connectivity index (χ1) is 11.5. The molecule has 1 saturated heterocycles. The molecule has 24 heavy (non-hydrogen) atoms. The van der Waals surface area contributed by atoms with Gasteiger partial charge in [0.25, 0.3) is 0 Å². The van der Waals surface area contributed by atoms with Crippen LogP contribution >= 0.6 is 0 Å². The minimum absolute atomic E-state index is 0.288. The van der Waals surface area contributed by atoms with Gasteiger partial charge in [-0.15, -0.1) is 0 Å². The van der Waals surface area contributed by atoms with E-state index in [0.717, 1.165) is 37.3 Å².